The minimum atomic E-state index is 0.00795. The second-order valence-corrected chi connectivity index (χ2v) is 5.77. The Morgan fingerprint density at radius 3 is 2.73 bits per heavy atom. The average molecular weight is 299 g/mol. The summed E-state index contributed by atoms with van der Waals surface area (Å²) in [5.41, 5.74) is 3.11. The van der Waals surface area contributed by atoms with E-state index in [4.69, 9.17) is 0 Å². The summed E-state index contributed by atoms with van der Waals surface area (Å²) < 4.78 is 5.42. The van der Waals surface area contributed by atoms with Crippen LogP contribution in [-0.2, 0) is 27.2 Å². The normalized spacial score (nSPS) is 12.9. The molecule has 0 saturated carbocycles. The van der Waals surface area contributed by atoms with E-state index in [1.807, 2.05) is 25.6 Å². The van der Waals surface area contributed by atoms with E-state index >= 15 is 0 Å². The van der Waals surface area contributed by atoms with Crippen molar-refractivity contribution in [3.8, 4) is 0 Å². The van der Waals surface area contributed by atoms with Crippen LogP contribution in [0.3, 0.4) is 0 Å². The van der Waals surface area contributed by atoms with E-state index < -0.39 is 0 Å². The number of fused-ring (bicyclic) bond motifs is 1. The molecule has 2 aromatic heterocycles. The maximum Gasteiger partial charge on any atom is 0.328 e. The summed E-state index contributed by atoms with van der Waals surface area (Å²) in [6.07, 6.45) is 5.57. The molecule has 0 aliphatic carbocycles. The fraction of sp³-hybridized carbons (Fsp3) is 0.375. The van der Waals surface area contributed by atoms with Crippen LogP contribution < -0.4 is 11.0 Å². The fourth-order valence-corrected chi connectivity index (χ4v) is 2.73. The van der Waals surface area contributed by atoms with Crippen molar-refractivity contribution >= 4 is 11.0 Å². The maximum atomic E-state index is 11.9. The monoisotopic (exact) mass is 299 g/mol. The second-order valence-electron chi connectivity index (χ2n) is 5.77. The third kappa shape index (κ3) is 2.69. The van der Waals surface area contributed by atoms with E-state index in [2.05, 4.69) is 33.9 Å². The number of hydrogen-bond donors (Lipinski definition) is 1. The van der Waals surface area contributed by atoms with Gasteiger partial charge < -0.3 is 9.88 Å². The molecule has 0 aliphatic heterocycles. The zero-order valence-electron chi connectivity index (χ0n) is 13.2. The van der Waals surface area contributed by atoms with Crippen LogP contribution >= 0.6 is 0 Å². The SMILES string of the molecule is CC(Cn1ccnc1)NCc1ccc2c(c1)n(C)c(=O)n2C. The molecular weight excluding hydrogens is 278 g/mol. The molecule has 3 rings (SSSR count). The van der Waals surface area contributed by atoms with Gasteiger partial charge in [-0.1, -0.05) is 6.07 Å². The molecule has 1 atom stereocenters. The smallest absolute Gasteiger partial charge is 0.328 e. The first-order chi connectivity index (χ1) is 10.6. The molecule has 6 nitrogen and oxygen atoms in total. The molecule has 0 bridgehead atoms. The molecule has 3 aromatic rings. The zero-order valence-corrected chi connectivity index (χ0v) is 13.2. The van der Waals surface area contributed by atoms with Crippen molar-refractivity contribution in [2.45, 2.75) is 26.1 Å². The van der Waals surface area contributed by atoms with E-state index in [0.29, 0.717) is 6.04 Å². The number of hydrogen-bond acceptors (Lipinski definition) is 3. The number of nitrogens with zero attached hydrogens (tertiary/aromatic N) is 4. The van der Waals surface area contributed by atoms with Gasteiger partial charge in [-0.05, 0) is 24.6 Å². The number of nitrogens with one attached hydrogen (secondary N) is 1. The van der Waals surface area contributed by atoms with Crippen LogP contribution in [0.5, 0.6) is 0 Å². The lowest BCUT2D eigenvalue weighted by atomic mass is 10.2. The Bertz CT molecular complexity index is 828. The first-order valence-corrected chi connectivity index (χ1v) is 7.39. The Hall–Kier alpha value is -2.34. The van der Waals surface area contributed by atoms with Crippen molar-refractivity contribution in [1.82, 2.24) is 24.0 Å². The van der Waals surface area contributed by atoms with Gasteiger partial charge in [0.2, 0.25) is 0 Å². The van der Waals surface area contributed by atoms with Gasteiger partial charge in [0.25, 0.3) is 0 Å². The van der Waals surface area contributed by atoms with Crippen LogP contribution in [0.2, 0.25) is 0 Å². The lowest BCUT2D eigenvalue weighted by molar-refractivity contribution is 0.476. The summed E-state index contributed by atoms with van der Waals surface area (Å²) in [4.78, 5) is 16.0. The van der Waals surface area contributed by atoms with Crippen molar-refractivity contribution in [3.05, 3.63) is 53.0 Å². The Balaban J connectivity index is 1.71. The van der Waals surface area contributed by atoms with Gasteiger partial charge in [0.05, 0.1) is 17.4 Å². The van der Waals surface area contributed by atoms with E-state index in [1.54, 1.807) is 22.4 Å². The topological polar surface area (TPSA) is 56.8 Å². The highest BCUT2D eigenvalue weighted by Crippen LogP contribution is 2.14. The van der Waals surface area contributed by atoms with Gasteiger partial charge in [0, 0.05) is 45.6 Å². The molecule has 6 heteroatoms. The van der Waals surface area contributed by atoms with Crippen LogP contribution in [-0.4, -0.2) is 24.7 Å². The number of aryl methyl sites for hydroxylation is 2. The molecular formula is C16H21N5O. The molecule has 0 fully saturated rings. The second kappa shape index (κ2) is 5.81. The molecule has 0 amide bonds. The van der Waals surface area contributed by atoms with E-state index in [9.17, 15) is 4.79 Å². The van der Waals surface area contributed by atoms with Crippen LogP contribution in [0.25, 0.3) is 11.0 Å². The van der Waals surface area contributed by atoms with Gasteiger partial charge in [-0.3, -0.25) is 9.13 Å². The largest absolute Gasteiger partial charge is 0.336 e. The molecule has 2 heterocycles. The lowest BCUT2D eigenvalue weighted by Crippen LogP contribution is -2.29. The molecule has 0 saturated heterocycles. The minimum Gasteiger partial charge on any atom is -0.336 e. The van der Waals surface area contributed by atoms with Gasteiger partial charge >= 0.3 is 5.69 Å². The summed E-state index contributed by atoms with van der Waals surface area (Å²) in [6.45, 7) is 3.80. The van der Waals surface area contributed by atoms with E-state index in [0.717, 1.165) is 24.1 Å². The summed E-state index contributed by atoms with van der Waals surface area (Å²) in [5.74, 6) is 0. The van der Waals surface area contributed by atoms with Gasteiger partial charge in [-0.25, -0.2) is 9.78 Å². The Morgan fingerprint density at radius 2 is 2.00 bits per heavy atom. The number of imidazole rings is 2. The van der Waals surface area contributed by atoms with Crippen molar-refractivity contribution < 1.29 is 0 Å². The summed E-state index contributed by atoms with van der Waals surface area (Å²) >= 11 is 0. The molecule has 0 radical (unpaired) electrons. The number of rotatable bonds is 5. The maximum absolute atomic E-state index is 11.9. The van der Waals surface area contributed by atoms with E-state index in [-0.39, 0.29) is 5.69 Å². The van der Waals surface area contributed by atoms with E-state index in [1.165, 1.54) is 5.56 Å². The molecule has 1 unspecified atom stereocenters. The van der Waals surface area contributed by atoms with Gasteiger partial charge in [0.15, 0.2) is 0 Å². The minimum absolute atomic E-state index is 0.00795. The number of benzene rings is 1. The highest BCUT2D eigenvalue weighted by Gasteiger charge is 2.08. The highest BCUT2D eigenvalue weighted by molar-refractivity contribution is 5.76. The van der Waals surface area contributed by atoms with Crippen molar-refractivity contribution in [3.63, 3.8) is 0 Å². The quantitative estimate of drug-likeness (QED) is 0.771. The van der Waals surface area contributed by atoms with Crippen molar-refractivity contribution in [2.24, 2.45) is 14.1 Å². The molecule has 22 heavy (non-hydrogen) atoms. The third-order valence-electron chi connectivity index (χ3n) is 4.03. The Morgan fingerprint density at radius 1 is 1.23 bits per heavy atom. The summed E-state index contributed by atoms with van der Waals surface area (Å²) in [6, 6.07) is 6.49. The predicted molar refractivity (Wildman–Crippen MR) is 86.7 cm³/mol. The Labute approximate surface area is 129 Å². The molecule has 0 spiro atoms. The first-order valence-electron chi connectivity index (χ1n) is 7.39. The van der Waals surface area contributed by atoms with Crippen LogP contribution in [0.15, 0.2) is 41.7 Å². The third-order valence-corrected chi connectivity index (χ3v) is 4.03. The Kier molecular flexibility index (Phi) is 3.85. The van der Waals surface area contributed by atoms with Crippen LogP contribution in [0, 0.1) is 0 Å². The van der Waals surface area contributed by atoms with Gasteiger partial charge in [0.1, 0.15) is 0 Å². The highest BCUT2D eigenvalue weighted by atomic mass is 16.1. The predicted octanol–water partition coefficient (Wildman–Crippen LogP) is 1.25. The lowest BCUT2D eigenvalue weighted by Gasteiger charge is -2.14. The van der Waals surface area contributed by atoms with Crippen molar-refractivity contribution in [2.75, 3.05) is 0 Å². The molecule has 1 aromatic carbocycles. The average Bonchev–Trinajstić information content (AvgIpc) is 3.09. The van der Waals surface area contributed by atoms with Crippen LogP contribution in [0.1, 0.15) is 12.5 Å². The standard InChI is InChI=1S/C16H21N5O/c1-12(10-21-7-6-17-11-21)18-9-13-4-5-14-15(8-13)20(3)16(22)19(14)2/h4-8,11-12,18H,9-10H2,1-3H3. The fourth-order valence-electron chi connectivity index (χ4n) is 2.73. The van der Waals surface area contributed by atoms with Crippen LogP contribution in [0.4, 0.5) is 0 Å². The molecule has 0 aliphatic rings. The zero-order chi connectivity index (χ0) is 15.7. The van der Waals surface area contributed by atoms with Crippen molar-refractivity contribution in [1.29, 1.82) is 0 Å². The molecule has 116 valence electrons. The summed E-state index contributed by atoms with van der Waals surface area (Å²) in [5, 5.41) is 3.50. The first kappa shape index (κ1) is 14.6. The van der Waals surface area contributed by atoms with Gasteiger partial charge in [-0.2, -0.15) is 0 Å². The van der Waals surface area contributed by atoms with Gasteiger partial charge in [-0.15, -0.1) is 0 Å². The summed E-state index contributed by atoms with van der Waals surface area (Å²) in [7, 11) is 3.61. The molecule has 1 N–H and O–H groups in total. The number of aromatic nitrogens is 4.